The highest BCUT2D eigenvalue weighted by Crippen LogP contribution is 2.89. The molecule has 0 bridgehead atoms. The number of fused-ring (bicyclic) bond motifs is 4. The van der Waals surface area contributed by atoms with Crippen molar-refractivity contribution in [2.75, 3.05) is 20.8 Å². The number of carbonyl (C=O) groups is 1. The van der Waals surface area contributed by atoms with Gasteiger partial charge in [-0.15, -0.1) is 0 Å². The van der Waals surface area contributed by atoms with Crippen molar-refractivity contribution in [3.8, 4) is 0 Å². The summed E-state index contributed by atoms with van der Waals surface area (Å²) in [6.45, 7) is 15.5. The number of aliphatic hydroxyl groups is 3. The summed E-state index contributed by atoms with van der Waals surface area (Å²) in [4.78, 5) is 12.1. The summed E-state index contributed by atoms with van der Waals surface area (Å²) in [6, 6.07) is 0. The maximum atomic E-state index is 12.5. The second kappa shape index (κ2) is 11.9. The van der Waals surface area contributed by atoms with Crippen LogP contribution in [0, 0.1) is 50.7 Å². The second-order valence-electron chi connectivity index (χ2n) is 17.9. The Hall–Kier alpha value is -0.850. The SMILES string of the molecule is CO[C@@H](OC[C@@H](O)OC)O[C@H]1CC[C@]23C[C@]24CC[C@]2(C)[C@@H]5[C@H](O[C@@H]([C@H](OC(C)=O)C(C)(C)O)C[C@H]5C)[C@H](O)[C@@]2(C)[C@@H]4CC[C@H]3C1(C)C. The summed E-state index contributed by atoms with van der Waals surface area (Å²) in [6.07, 6.45) is 4.86. The zero-order valence-corrected chi connectivity index (χ0v) is 30.4. The number of aliphatic hydroxyl groups excluding tert-OH is 2. The van der Waals surface area contributed by atoms with E-state index in [0.29, 0.717) is 18.3 Å². The van der Waals surface area contributed by atoms with Crippen molar-refractivity contribution < 1.29 is 48.5 Å². The van der Waals surface area contributed by atoms with Gasteiger partial charge < -0.3 is 43.7 Å². The van der Waals surface area contributed by atoms with Gasteiger partial charge in [-0.05, 0) is 111 Å². The second-order valence-corrected chi connectivity index (χ2v) is 17.9. The highest BCUT2D eigenvalue weighted by atomic mass is 16.8. The lowest BCUT2D eigenvalue weighted by atomic mass is 9.41. The molecule has 6 aliphatic rings. The van der Waals surface area contributed by atoms with Crippen LogP contribution in [0.2, 0.25) is 0 Å². The molecular weight excluding hydrogens is 604 g/mol. The predicted octanol–water partition coefficient (Wildman–Crippen LogP) is 4.80. The van der Waals surface area contributed by atoms with Gasteiger partial charge in [-0.2, -0.15) is 0 Å². The van der Waals surface area contributed by atoms with Crippen molar-refractivity contribution in [1.29, 1.82) is 0 Å². The molecule has 47 heavy (non-hydrogen) atoms. The van der Waals surface area contributed by atoms with Gasteiger partial charge in [-0.1, -0.05) is 34.6 Å². The van der Waals surface area contributed by atoms with Crippen LogP contribution in [0.4, 0.5) is 0 Å². The van der Waals surface area contributed by atoms with E-state index in [-0.39, 0.29) is 57.7 Å². The molecule has 1 aliphatic heterocycles. The molecule has 6 fully saturated rings. The first-order chi connectivity index (χ1) is 21.8. The monoisotopic (exact) mass is 666 g/mol. The van der Waals surface area contributed by atoms with Crippen LogP contribution in [-0.4, -0.2) is 91.0 Å². The predicted molar refractivity (Wildman–Crippen MR) is 173 cm³/mol. The van der Waals surface area contributed by atoms with E-state index in [1.807, 2.05) is 0 Å². The third kappa shape index (κ3) is 5.12. The van der Waals surface area contributed by atoms with Gasteiger partial charge in [0.15, 0.2) is 12.4 Å². The number of hydrogen-bond donors (Lipinski definition) is 3. The summed E-state index contributed by atoms with van der Waals surface area (Å²) >= 11 is 0. The highest BCUT2D eigenvalue weighted by molar-refractivity contribution is 5.66. The maximum absolute atomic E-state index is 12.5. The van der Waals surface area contributed by atoms with E-state index in [4.69, 9.17) is 28.4 Å². The van der Waals surface area contributed by atoms with E-state index in [1.165, 1.54) is 26.9 Å². The Labute approximate surface area is 281 Å². The first-order valence-electron chi connectivity index (χ1n) is 18.1. The van der Waals surface area contributed by atoms with E-state index in [9.17, 15) is 20.1 Å². The third-order valence-electron chi connectivity index (χ3n) is 15.2. The summed E-state index contributed by atoms with van der Waals surface area (Å²) in [5.41, 5.74) is -1.38. The molecule has 270 valence electrons. The van der Waals surface area contributed by atoms with Gasteiger partial charge in [0.1, 0.15) is 6.61 Å². The molecule has 0 aromatic rings. The van der Waals surface area contributed by atoms with Crippen LogP contribution in [0.3, 0.4) is 0 Å². The molecule has 1 heterocycles. The molecule has 10 heteroatoms. The highest BCUT2D eigenvalue weighted by Gasteiger charge is 2.84. The Morgan fingerprint density at radius 2 is 1.66 bits per heavy atom. The molecule has 5 aliphatic carbocycles. The Morgan fingerprint density at radius 3 is 2.28 bits per heavy atom. The van der Waals surface area contributed by atoms with Crippen molar-refractivity contribution in [1.82, 2.24) is 0 Å². The number of ether oxygens (including phenoxy) is 6. The summed E-state index contributed by atoms with van der Waals surface area (Å²) < 4.78 is 35.1. The first kappa shape index (κ1) is 36.0. The Morgan fingerprint density at radius 1 is 1.00 bits per heavy atom. The largest absolute Gasteiger partial charge is 0.457 e. The molecule has 0 radical (unpaired) electrons. The first-order valence-corrected chi connectivity index (χ1v) is 18.1. The Kier molecular flexibility index (Phi) is 9.07. The fourth-order valence-electron chi connectivity index (χ4n) is 13.1. The van der Waals surface area contributed by atoms with Gasteiger partial charge in [0, 0.05) is 26.6 Å². The van der Waals surface area contributed by atoms with Crippen LogP contribution in [0.1, 0.15) is 107 Å². The summed E-state index contributed by atoms with van der Waals surface area (Å²) in [7, 11) is 2.98. The van der Waals surface area contributed by atoms with E-state index >= 15 is 0 Å². The van der Waals surface area contributed by atoms with E-state index in [0.717, 1.165) is 32.1 Å². The molecule has 0 aromatic heterocycles. The number of methoxy groups -OCH3 is 2. The third-order valence-corrected chi connectivity index (χ3v) is 15.2. The zero-order chi connectivity index (χ0) is 34.5. The molecule has 6 rings (SSSR count). The van der Waals surface area contributed by atoms with Crippen molar-refractivity contribution in [2.45, 2.75) is 156 Å². The van der Waals surface area contributed by atoms with Gasteiger partial charge in [0.2, 0.25) is 0 Å². The van der Waals surface area contributed by atoms with Crippen LogP contribution < -0.4 is 0 Å². The van der Waals surface area contributed by atoms with Gasteiger partial charge in [-0.3, -0.25) is 4.79 Å². The number of hydrogen-bond acceptors (Lipinski definition) is 10. The fourth-order valence-corrected chi connectivity index (χ4v) is 13.1. The van der Waals surface area contributed by atoms with Crippen molar-refractivity contribution in [3.63, 3.8) is 0 Å². The fraction of sp³-hybridized carbons (Fsp3) is 0.973. The minimum Gasteiger partial charge on any atom is -0.457 e. The standard InChI is InChI=1S/C37H62O10/c1-20-17-22(30(33(5,6)41)45-21(2)38)46-28-27(20)34(7)15-16-37-19-36(37)14-13-25(47-31(43-10)44-18-26(39)42-9)32(3,4)23(36)11-12-24(37)35(34,8)29(28)40/h20,22-31,39-41H,11-19H2,1-10H3/t20-,22-,23+,24+,25+,26+,27+,28+,29+,30+,31+,34-,35-,36-,37+/m1/s1. The summed E-state index contributed by atoms with van der Waals surface area (Å²) in [5.74, 6) is 0.859. The van der Waals surface area contributed by atoms with Crippen molar-refractivity contribution >= 4 is 5.97 Å². The van der Waals surface area contributed by atoms with E-state index in [2.05, 4.69) is 34.6 Å². The smallest absolute Gasteiger partial charge is 0.303 e. The van der Waals surface area contributed by atoms with Crippen molar-refractivity contribution in [2.24, 2.45) is 50.7 Å². The van der Waals surface area contributed by atoms with Gasteiger partial charge in [0.25, 0.3) is 6.48 Å². The molecule has 5 saturated carbocycles. The van der Waals surface area contributed by atoms with E-state index in [1.54, 1.807) is 21.0 Å². The van der Waals surface area contributed by atoms with Crippen LogP contribution >= 0.6 is 0 Å². The lowest BCUT2D eigenvalue weighted by Gasteiger charge is -2.63. The molecule has 0 unspecified atom stereocenters. The van der Waals surface area contributed by atoms with Crippen molar-refractivity contribution in [3.05, 3.63) is 0 Å². The zero-order valence-electron chi connectivity index (χ0n) is 30.4. The molecular formula is C37H62O10. The van der Waals surface area contributed by atoms with Crippen LogP contribution in [0.15, 0.2) is 0 Å². The van der Waals surface area contributed by atoms with Crippen LogP contribution in [0.5, 0.6) is 0 Å². The molecule has 0 aromatic carbocycles. The number of carbonyl (C=O) groups excluding carboxylic acids is 1. The lowest BCUT2D eigenvalue weighted by Crippen LogP contribution is -2.60. The maximum Gasteiger partial charge on any atom is 0.303 e. The van der Waals surface area contributed by atoms with Gasteiger partial charge in [0.05, 0.1) is 30.0 Å². The molecule has 0 amide bonds. The van der Waals surface area contributed by atoms with Gasteiger partial charge >= 0.3 is 5.97 Å². The molecule has 15 atom stereocenters. The molecule has 1 saturated heterocycles. The average molecular weight is 667 g/mol. The van der Waals surface area contributed by atoms with E-state index < -0.39 is 42.6 Å². The molecule has 3 N–H and O–H groups in total. The normalized spacial score (nSPS) is 48.5. The van der Waals surface area contributed by atoms with Gasteiger partial charge in [-0.25, -0.2) is 0 Å². The number of esters is 1. The van der Waals surface area contributed by atoms with Crippen LogP contribution in [0.25, 0.3) is 0 Å². The minimum atomic E-state index is -1.27. The molecule has 10 nitrogen and oxygen atoms in total. The Balaban J connectivity index is 1.24. The quantitative estimate of drug-likeness (QED) is 0.221. The topological polar surface area (TPSA) is 133 Å². The van der Waals surface area contributed by atoms with Crippen LogP contribution in [-0.2, 0) is 33.2 Å². The minimum absolute atomic E-state index is 0.0345. The summed E-state index contributed by atoms with van der Waals surface area (Å²) in [5, 5.41) is 33.3. The average Bonchev–Trinajstić information content (AvgIpc) is 3.62. The lowest BCUT2D eigenvalue weighted by molar-refractivity contribution is -0.330. The molecule has 2 spiro atoms. The Bertz CT molecular complexity index is 1190. The number of rotatable bonds is 10.